The minimum atomic E-state index is -0.360. The van der Waals surface area contributed by atoms with E-state index in [2.05, 4.69) is 15.5 Å². The van der Waals surface area contributed by atoms with Gasteiger partial charge in [0, 0.05) is 20.1 Å². The van der Waals surface area contributed by atoms with Gasteiger partial charge < -0.3 is 25.0 Å². The molecule has 28 heavy (non-hydrogen) atoms. The van der Waals surface area contributed by atoms with Crippen molar-refractivity contribution < 1.29 is 14.3 Å². The second-order valence-corrected chi connectivity index (χ2v) is 6.71. The highest BCUT2D eigenvalue weighted by molar-refractivity contribution is 14.0. The van der Waals surface area contributed by atoms with E-state index < -0.39 is 0 Å². The van der Waals surface area contributed by atoms with Crippen molar-refractivity contribution in [1.29, 1.82) is 0 Å². The molecule has 0 aliphatic heterocycles. The molecule has 0 radical (unpaired) electrons. The fourth-order valence-corrected chi connectivity index (χ4v) is 2.87. The van der Waals surface area contributed by atoms with Crippen molar-refractivity contribution in [3.8, 4) is 5.75 Å². The Morgan fingerprint density at radius 3 is 2.50 bits per heavy atom. The Balaban J connectivity index is 0.00000392. The zero-order valence-corrected chi connectivity index (χ0v) is 19.6. The van der Waals surface area contributed by atoms with Crippen LogP contribution >= 0.6 is 24.0 Å². The van der Waals surface area contributed by atoms with E-state index in [4.69, 9.17) is 14.5 Å². The molecule has 1 unspecified atom stereocenters. The van der Waals surface area contributed by atoms with Crippen LogP contribution in [0.4, 0.5) is 4.79 Å². The molecule has 1 atom stereocenters. The summed E-state index contributed by atoms with van der Waals surface area (Å²) in [5.74, 6) is 2.16. The van der Waals surface area contributed by atoms with Gasteiger partial charge in [-0.1, -0.05) is 12.1 Å². The highest BCUT2D eigenvalue weighted by Gasteiger charge is 2.32. The molecule has 0 heterocycles. The normalized spacial score (nSPS) is 14.5. The number of halogens is 1. The van der Waals surface area contributed by atoms with Crippen LogP contribution in [0.5, 0.6) is 5.75 Å². The highest BCUT2D eigenvalue weighted by Crippen LogP contribution is 2.32. The van der Waals surface area contributed by atoms with Gasteiger partial charge in [-0.15, -0.1) is 24.0 Å². The van der Waals surface area contributed by atoms with E-state index in [-0.39, 0.29) is 36.1 Å². The van der Waals surface area contributed by atoms with E-state index in [0.717, 1.165) is 37.6 Å². The average molecular weight is 504 g/mol. The molecule has 2 N–H and O–H groups in total. The van der Waals surface area contributed by atoms with Crippen molar-refractivity contribution in [2.75, 3.05) is 33.9 Å². The minimum Gasteiger partial charge on any atom is -0.497 e. The summed E-state index contributed by atoms with van der Waals surface area (Å²) in [6, 6.07) is 8.04. The first-order valence-corrected chi connectivity index (χ1v) is 9.63. The molecule has 0 bridgehead atoms. The maximum atomic E-state index is 11.8. The summed E-state index contributed by atoms with van der Waals surface area (Å²) < 4.78 is 10.2. The maximum Gasteiger partial charge on any atom is 0.407 e. The first-order chi connectivity index (χ1) is 13.1. The number of benzene rings is 1. The van der Waals surface area contributed by atoms with Gasteiger partial charge in [-0.05, 0) is 50.3 Å². The van der Waals surface area contributed by atoms with Crippen LogP contribution in [0.15, 0.2) is 29.3 Å². The largest absolute Gasteiger partial charge is 0.497 e. The van der Waals surface area contributed by atoms with Crippen LogP contribution in [0, 0.1) is 5.92 Å². The first kappa shape index (κ1) is 24.3. The van der Waals surface area contributed by atoms with E-state index in [1.165, 1.54) is 5.56 Å². The van der Waals surface area contributed by atoms with Gasteiger partial charge in [-0.2, -0.15) is 0 Å². The predicted molar refractivity (Wildman–Crippen MR) is 123 cm³/mol. The predicted octanol–water partition coefficient (Wildman–Crippen LogP) is 3.24. The summed E-state index contributed by atoms with van der Waals surface area (Å²) in [5.41, 5.74) is 1.17. The number of amides is 1. The molecular weight excluding hydrogens is 471 g/mol. The number of nitrogens with zero attached hydrogens (tertiary/aromatic N) is 2. The number of methoxy groups -OCH3 is 1. The lowest BCUT2D eigenvalue weighted by Crippen LogP contribution is -2.42. The Morgan fingerprint density at radius 1 is 1.29 bits per heavy atom. The Bertz CT molecular complexity index is 620. The van der Waals surface area contributed by atoms with Crippen molar-refractivity contribution in [1.82, 2.24) is 15.5 Å². The molecule has 0 saturated heterocycles. The molecule has 0 spiro atoms. The van der Waals surface area contributed by atoms with Gasteiger partial charge in [-0.3, -0.25) is 4.99 Å². The Labute approximate surface area is 185 Å². The average Bonchev–Trinajstić information content (AvgIpc) is 3.50. The molecule has 2 rings (SSSR count). The summed E-state index contributed by atoms with van der Waals surface area (Å²) in [6.07, 6.45) is 1.90. The van der Waals surface area contributed by atoms with Gasteiger partial charge in [0.25, 0.3) is 0 Å². The van der Waals surface area contributed by atoms with Crippen molar-refractivity contribution in [3.63, 3.8) is 0 Å². The molecule has 1 aromatic carbocycles. The van der Waals surface area contributed by atoms with E-state index in [0.29, 0.717) is 19.1 Å². The molecule has 1 fully saturated rings. The van der Waals surface area contributed by atoms with E-state index >= 15 is 0 Å². The van der Waals surface area contributed by atoms with E-state index in [1.54, 1.807) is 14.0 Å². The van der Waals surface area contributed by atoms with E-state index in [9.17, 15) is 4.79 Å². The number of ether oxygens (including phenoxy) is 2. The summed E-state index contributed by atoms with van der Waals surface area (Å²) in [6.45, 7) is 6.28. The third-order valence-electron chi connectivity index (χ3n) is 4.48. The first-order valence-electron chi connectivity index (χ1n) is 9.63. The van der Waals surface area contributed by atoms with Crippen LogP contribution in [0.3, 0.4) is 0 Å². The number of carbonyl (C=O) groups is 1. The van der Waals surface area contributed by atoms with Crippen LogP contribution < -0.4 is 15.4 Å². The third-order valence-corrected chi connectivity index (χ3v) is 4.48. The van der Waals surface area contributed by atoms with Crippen LogP contribution in [0.2, 0.25) is 0 Å². The molecule has 7 nitrogen and oxygen atoms in total. The zero-order valence-electron chi connectivity index (χ0n) is 17.2. The molecule has 0 aromatic heterocycles. The third kappa shape index (κ3) is 8.12. The fraction of sp³-hybridized carbons (Fsp3) is 0.600. The van der Waals surface area contributed by atoms with Crippen LogP contribution in [0.1, 0.15) is 32.3 Å². The van der Waals surface area contributed by atoms with Gasteiger partial charge in [0.2, 0.25) is 0 Å². The summed E-state index contributed by atoms with van der Waals surface area (Å²) >= 11 is 0. The van der Waals surface area contributed by atoms with E-state index in [1.807, 2.05) is 38.2 Å². The van der Waals surface area contributed by atoms with Crippen molar-refractivity contribution >= 4 is 36.0 Å². The highest BCUT2D eigenvalue weighted by atomic mass is 127. The van der Waals surface area contributed by atoms with Gasteiger partial charge in [0.15, 0.2) is 5.96 Å². The lowest BCUT2D eigenvalue weighted by molar-refractivity contribution is 0.147. The molecule has 158 valence electrons. The van der Waals surface area contributed by atoms with Gasteiger partial charge in [0.1, 0.15) is 5.75 Å². The molecule has 1 aliphatic rings. The molecule has 1 aromatic rings. The van der Waals surface area contributed by atoms with Crippen molar-refractivity contribution in [2.45, 2.75) is 39.3 Å². The number of hydrogen-bond donors (Lipinski definition) is 2. The lowest BCUT2D eigenvalue weighted by Gasteiger charge is -2.23. The molecule has 1 aliphatic carbocycles. The fourth-order valence-electron chi connectivity index (χ4n) is 2.87. The molecular formula is C20H33IN4O3. The monoisotopic (exact) mass is 504 g/mol. The standard InChI is InChI=1S/C20H32N4O3.HI/c1-5-21-19(24(3)14-15-7-11-17(26-4)12-8-15)22-13-18(16-9-10-16)23-20(25)27-6-2;/h7-8,11-12,16,18H,5-6,9-10,13-14H2,1-4H3,(H,21,22)(H,23,25);1H. The summed E-state index contributed by atoms with van der Waals surface area (Å²) in [4.78, 5) is 18.6. The minimum absolute atomic E-state index is 0. The molecule has 1 amide bonds. The maximum absolute atomic E-state index is 11.8. The topological polar surface area (TPSA) is 75.2 Å². The Kier molecular flexibility index (Phi) is 11.0. The van der Waals surface area contributed by atoms with Crippen molar-refractivity contribution in [2.24, 2.45) is 10.9 Å². The second kappa shape index (κ2) is 12.7. The van der Waals surface area contributed by atoms with Gasteiger partial charge in [-0.25, -0.2) is 4.79 Å². The number of alkyl carbamates (subject to hydrolysis) is 1. The van der Waals surface area contributed by atoms with Crippen LogP contribution in [-0.4, -0.2) is 56.8 Å². The SMILES string of the molecule is CCNC(=NCC(NC(=O)OCC)C1CC1)N(C)Cc1ccc(OC)cc1.I. The van der Waals surface area contributed by atoms with Crippen LogP contribution in [0.25, 0.3) is 0 Å². The van der Waals surface area contributed by atoms with Crippen LogP contribution in [-0.2, 0) is 11.3 Å². The smallest absolute Gasteiger partial charge is 0.407 e. The number of nitrogens with one attached hydrogen (secondary N) is 2. The number of aliphatic imine (C=N–C) groups is 1. The Morgan fingerprint density at radius 2 is 1.96 bits per heavy atom. The number of hydrogen-bond acceptors (Lipinski definition) is 4. The van der Waals surface area contributed by atoms with Crippen molar-refractivity contribution in [3.05, 3.63) is 29.8 Å². The summed E-state index contributed by atoms with van der Waals surface area (Å²) in [7, 11) is 3.67. The number of carbonyl (C=O) groups excluding carboxylic acids is 1. The Hall–Kier alpha value is -1.71. The summed E-state index contributed by atoms with van der Waals surface area (Å²) in [5, 5.41) is 6.28. The number of rotatable bonds is 9. The molecule has 8 heteroatoms. The van der Waals surface area contributed by atoms with Gasteiger partial charge >= 0.3 is 6.09 Å². The van der Waals surface area contributed by atoms with Gasteiger partial charge in [0.05, 0.1) is 26.3 Å². The quantitative estimate of drug-likeness (QED) is 0.307. The number of guanidine groups is 1. The lowest BCUT2D eigenvalue weighted by atomic mass is 10.2. The molecule has 1 saturated carbocycles. The zero-order chi connectivity index (χ0) is 19.6. The second-order valence-electron chi connectivity index (χ2n) is 6.71.